The number of primary amides is 2. The number of nitrogens with two attached hydrogens (primary N) is 4. The molecule has 8 rings (SSSR count). The molecule has 3 aliphatic rings. The highest BCUT2D eigenvalue weighted by Crippen LogP contribution is 2.28. The van der Waals surface area contributed by atoms with Gasteiger partial charge >= 0.3 is 5.97 Å². The molecule has 0 radical (unpaired) electrons. The number of benzene rings is 3. The molecule has 5 aromatic rings. The smallest absolute Gasteiger partial charge is 0.303 e. The van der Waals surface area contributed by atoms with E-state index in [0.29, 0.717) is 64.2 Å². The number of carboxylic acids is 1. The van der Waals surface area contributed by atoms with E-state index in [2.05, 4.69) is 63.1 Å². The molecule has 0 aliphatic carbocycles. The van der Waals surface area contributed by atoms with Crippen molar-refractivity contribution < 1.29 is 102 Å². The number of rotatable bonds is 27. The molecule has 0 saturated carbocycles. The summed E-state index contributed by atoms with van der Waals surface area (Å²) < 4.78 is 0. The average molecular weight is 1860 g/mol. The SMILES string of the molecule is CCCC[C@H]1C(=O)N(C)[C@@H](CCCC)C(=O)N[C@@H](CCCNC(=N)N)C(=O)N[C@H](C(=O)CCC(N)=O)CSCC(=O)NC(Cc2ccc(O)cc2)C(=O)N(C)[C@@H](C)C(=O)N[C@@H](CC(N)=O)C(=O)N2CCCC2C(=O)N[C@@H](CN)C(=O)N[C@@H](CCC(=O)O)C(=O)N2CCC[C@H]2C(=O)N[C@@H](Cc2c[nH]c3ccccc23)C(=O)N[C@@H](CO)C(=O)N[C@@H](Cc2c[nH]c3ccccc23)C(=O)N1C. The number of Topliss-reactive ketones (excluding diaryl/α,β-unsaturated/α-hetero) is 1. The molecule has 3 fully saturated rings. The number of hydrogen-bond donors (Lipinski definition) is 20. The van der Waals surface area contributed by atoms with E-state index in [1.54, 1.807) is 60.9 Å². The highest BCUT2D eigenvalue weighted by Gasteiger charge is 2.45. The predicted octanol–water partition coefficient (Wildman–Crippen LogP) is -2.85. The molecule has 3 aromatic carbocycles. The van der Waals surface area contributed by atoms with Gasteiger partial charge < -0.3 is 126 Å². The monoisotopic (exact) mass is 1860 g/mol. The fourth-order valence-electron chi connectivity index (χ4n) is 16.2. The Morgan fingerprint density at radius 3 is 1.55 bits per heavy atom. The number of phenolic OH excluding ortho intramolecular Hbond substituents is 1. The Hall–Kier alpha value is -13.3. The number of nitrogens with zero attached hydrogens (tertiary/aromatic N) is 5. The van der Waals surface area contributed by atoms with Crippen LogP contribution in [-0.4, -0.2) is 312 Å². The molecule has 132 heavy (non-hydrogen) atoms. The number of hydrogen-bond acceptors (Lipinski definition) is 23. The van der Waals surface area contributed by atoms with Crippen LogP contribution in [0.25, 0.3) is 21.8 Å². The van der Waals surface area contributed by atoms with E-state index >= 15 is 28.8 Å². The molecule has 2 unspecified atom stereocenters. The van der Waals surface area contributed by atoms with Crippen LogP contribution in [0.15, 0.2) is 85.2 Å². The Kier molecular flexibility index (Phi) is 39.6. The standard InChI is InChI=1S/C88H124N22O21S/c1-7-9-23-66-80(124)98-57(22-15-35-94-88(92)93)76(120)105-65(70(113)32-33-71(90)114)46-132-47-73(116)97-60(38-49-27-29-52(112)30-28-49)83(127)106(4)48(3)75(119)101-62(41-72(91)115)86(130)110-37-17-26-68(110)82(126)103-63(42-89)78(122)99-58(31-34-74(117)118)85(129)109-36-16-25-67(109)81(125)100-59(39-50-43-95-55-20-13-11-18-53(50)55)77(121)104-64(45-111)79(123)102-61(40-51-44-96-56-21-14-12-19-54(51)56)84(128)108(6)69(24-10-8-2)87(131)107(66)5/h11-14,18-21,27-30,43-44,48,57-69,95-96,111-112H,7-10,15-17,22-26,31-42,45-47,89H2,1-6H3,(H2,90,114)(H2,91,115)(H,97,116)(H,98,124)(H,99,122)(H,100,125)(H,101,119)(H,102,123)(H,103,126)(H,104,121)(H,105,120)(H,117,118)(H4,92,93,94)/t48-,57-,58-,59-,60?,61-,62-,63-,64-,65-,66-,67-,68?,69-/m0/s1. The lowest BCUT2D eigenvalue weighted by molar-refractivity contribution is -0.149. The summed E-state index contributed by atoms with van der Waals surface area (Å²) in [6.45, 7) is 2.85. The second-order valence-electron chi connectivity index (χ2n) is 33.3. The van der Waals surface area contributed by atoms with Gasteiger partial charge in [-0.25, -0.2) is 0 Å². The highest BCUT2D eigenvalue weighted by atomic mass is 32.2. The van der Waals surface area contributed by atoms with Crippen molar-refractivity contribution in [2.24, 2.45) is 22.9 Å². The van der Waals surface area contributed by atoms with Gasteiger partial charge in [0.1, 0.15) is 84.3 Å². The number of aliphatic hydroxyl groups excluding tert-OH is 1. The number of ketones is 1. The first kappa shape index (κ1) is 104. The third kappa shape index (κ3) is 29.1. The number of amides is 16. The Labute approximate surface area is 766 Å². The zero-order valence-corrected chi connectivity index (χ0v) is 75.7. The molecule has 44 heteroatoms. The Morgan fingerprint density at radius 2 is 0.992 bits per heavy atom. The first-order valence-corrected chi connectivity index (χ1v) is 45.3. The van der Waals surface area contributed by atoms with Crippen molar-refractivity contribution in [1.82, 2.24) is 87.6 Å². The average Bonchev–Trinajstić information content (AvgIpc) is 1.67. The quantitative estimate of drug-likeness (QED) is 0.0143. The third-order valence-corrected chi connectivity index (χ3v) is 24.8. The van der Waals surface area contributed by atoms with Gasteiger partial charge in [0.15, 0.2) is 11.7 Å². The summed E-state index contributed by atoms with van der Waals surface area (Å²) in [4.78, 5) is 272. The van der Waals surface area contributed by atoms with E-state index < -0.39 is 254 Å². The van der Waals surface area contributed by atoms with Crippen molar-refractivity contribution in [2.45, 2.75) is 234 Å². The number of aliphatic hydroxyl groups is 1. The number of guanidine groups is 1. The Balaban J connectivity index is 1.18. The van der Waals surface area contributed by atoms with Gasteiger partial charge in [0.25, 0.3) is 0 Å². The number of aliphatic carboxylic acids is 1. The number of carbonyl (C=O) groups is 18. The van der Waals surface area contributed by atoms with Crippen molar-refractivity contribution in [2.75, 3.05) is 65.4 Å². The van der Waals surface area contributed by atoms with Gasteiger partial charge in [-0.15, -0.1) is 11.8 Å². The van der Waals surface area contributed by atoms with Crippen LogP contribution < -0.4 is 76.1 Å². The number of carboxylic acid groups (broad SMARTS) is 1. The van der Waals surface area contributed by atoms with Gasteiger partial charge in [0.05, 0.1) is 24.8 Å². The first-order valence-electron chi connectivity index (χ1n) is 44.2. The molecule has 0 spiro atoms. The maximum Gasteiger partial charge on any atom is 0.303 e. The molecular weight excluding hydrogens is 1730 g/mol. The van der Waals surface area contributed by atoms with E-state index in [1.165, 1.54) is 52.3 Å². The van der Waals surface area contributed by atoms with Gasteiger partial charge in [-0.3, -0.25) is 91.7 Å². The molecule has 43 nitrogen and oxygen atoms in total. The fourth-order valence-corrected chi connectivity index (χ4v) is 17.1. The molecule has 5 heterocycles. The van der Waals surface area contributed by atoms with Gasteiger partial charge in [0.2, 0.25) is 94.5 Å². The van der Waals surface area contributed by atoms with E-state index in [9.17, 15) is 72.9 Å². The molecule has 16 amide bonds. The number of aromatic nitrogens is 2. The summed E-state index contributed by atoms with van der Waals surface area (Å²) in [6.07, 6.45) is 0.860. The van der Waals surface area contributed by atoms with Gasteiger partial charge in [-0.2, -0.15) is 0 Å². The van der Waals surface area contributed by atoms with Crippen LogP contribution >= 0.6 is 11.8 Å². The predicted molar refractivity (Wildman–Crippen MR) is 484 cm³/mol. The minimum atomic E-state index is -1.89. The van der Waals surface area contributed by atoms with Gasteiger partial charge in [-0.1, -0.05) is 88.1 Å². The summed E-state index contributed by atoms with van der Waals surface area (Å²) in [5, 5.41) is 66.6. The zero-order valence-electron chi connectivity index (χ0n) is 74.9. The second kappa shape index (κ2) is 50.2. The number of unbranched alkanes of at least 4 members (excludes halogenated alkanes) is 2. The molecule has 718 valence electrons. The molecule has 3 aliphatic heterocycles. The molecule has 2 aromatic heterocycles. The number of aromatic amines is 2. The molecule has 0 bridgehead atoms. The van der Waals surface area contributed by atoms with E-state index in [1.807, 2.05) is 13.8 Å². The summed E-state index contributed by atoms with van der Waals surface area (Å²) in [7, 11) is 3.88. The maximum atomic E-state index is 15.7. The Bertz CT molecular complexity index is 4990. The van der Waals surface area contributed by atoms with Crippen LogP contribution in [0.5, 0.6) is 5.75 Å². The lowest BCUT2D eigenvalue weighted by Crippen LogP contribution is -2.62. The van der Waals surface area contributed by atoms with Crippen LogP contribution in [0.3, 0.4) is 0 Å². The molecule has 3 saturated heterocycles. The number of H-pyrrole nitrogens is 2. The number of nitrogens with one attached hydrogen (secondary N) is 13. The van der Waals surface area contributed by atoms with Crippen LogP contribution in [0, 0.1) is 5.41 Å². The van der Waals surface area contributed by atoms with E-state index in [-0.39, 0.29) is 96.0 Å². The van der Waals surface area contributed by atoms with Crippen LogP contribution in [-0.2, 0) is 106 Å². The number of fused-ring (bicyclic) bond motifs is 4. The van der Waals surface area contributed by atoms with Gasteiger partial charge in [0, 0.05) is 126 Å². The third-order valence-electron chi connectivity index (χ3n) is 23.7. The fraction of sp³-hybridized carbons (Fsp3) is 0.534. The Morgan fingerprint density at radius 1 is 0.500 bits per heavy atom. The first-order chi connectivity index (χ1) is 62.9. The summed E-state index contributed by atoms with van der Waals surface area (Å²) in [5.74, 6) is -19.0. The number of aromatic hydroxyl groups is 1. The molecule has 14 atom stereocenters. The maximum absolute atomic E-state index is 15.7. The van der Waals surface area contributed by atoms with E-state index in [0.717, 1.165) is 36.3 Å². The number of phenols is 1. The van der Waals surface area contributed by atoms with Crippen molar-refractivity contribution in [1.29, 1.82) is 5.41 Å². The van der Waals surface area contributed by atoms with Crippen LogP contribution in [0.2, 0.25) is 0 Å². The number of para-hydroxylation sites is 2. The van der Waals surface area contributed by atoms with Crippen molar-refractivity contribution in [3.05, 3.63) is 102 Å². The normalized spacial score (nSPS) is 24.4. The summed E-state index contributed by atoms with van der Waals surface area (Å²) >= 11 is 0.789. The molecule has 24 N–H and O–H groups in total. The minimum absolute atomic E-state index is 0.00640. The van der Waals surface area contributed by atoms with E-state index in [4.69, 9.17) is 28.3 Å². The highest BCUT2D eigenvalue weighted by molar-refractivity contribution is 8.00. The number of thioether (sulfide) groups is 1. The zero-order chi connectivity index (χ0) is 96.7. The number of likely N-dealkylation sites (N-methyl/N-ethyl adjacent to an activating group) is 3. The second-order valence-corrected chi connectivity index (χ2v) is 34.3. The lowest BCUT2D eigenvalue weighted by atomic mass is 10.00. The van der Waals surface area contributed by atoms with Crippen LogP contribution in [0.4, 0.5) is 0 Å². The van der Waals surface area contributed by atoms with Crippen molar-refractivity contribution in [3.8, 4) is 5.75 Å². The minimum Gasteiger partial charge on any atom is -0.508 e. The lowest BCUT2D eigenvalue weighted by Gasteiger charge is -2.36. The molecular formula is C88H124N22O21S. The largest absolute Gasteiger partial charge is 0.508 e. The van der Waals surface area contributed by atoms with Gasteiger partial charge in [-0.05, 0) is 106 Å². The number of carbonyl (C=O) groups excluding carboxylic acids is 17. The van der Waals surface area contributed by atoms with Crippen LogP contribution in [0.1, 0.15) is 147 Å². The summed E-state index contributed by atoms with van der Waals surface area (Å²) in [5.41, 5.74) is 25.5. The van der Waals surface area contributed by atoms with Crippen molar-refractivity contribution in [3.63, 3.8) is 0 Å². The topological polar surface area (TPSA) is 664 Å². The van der Waals surface area contributed by atoms with Crippen molar-refractivity contribution >= 4 is 146 Å². The summed E-state index contributed by atoms with van der Waals surface area (Å²) in [6, 6.07) is -2.49.